The molecule has 26 heavy (non-hydrogen) atoms. The average molecular weight is 389 g/mol. The van der Waals surface area contributed by atoms with Crippen LogP contribution in [0.4, 0.5) is 0 Å². The molecule has 0 radical (unpaired) electrons. The van der Waals surface area contributed by atoms with Crippen molar-refractivity contribution < 1.29 is 13.5 Å². The van der Waals surface area contributed by atoms with Crippen molar-refractivity contribution in [3.05, 3.63) is 70.5 Å². The molecule has 3 rings (SSSR count). The molecule has 136 valence electrons. The predicted molar refractivity (Wildman–Crippen MR) is 105 cm³/mol. The van der Waals surface area contributed by atoms with E-state index in [0.717, 1.165) is 21.8 Å². The SMILES string of the molecule is O=S(=O)(CCc1ccccc1)NCCc1nc(-c2ccc(O)cc2)cs1. The van der Waals surface area contributed by atoms with Gasteiger partial charge in [0.2, 0.25) is 10.0 Å². The van der Waals surface area contributed by atoms with Crippen molar-refractivity contribution in [2.24, 2.45) is 0 Å². The van der Waals surface area contributed by atoms with E-state index in [0.29, 0.717) is 19.4 Å². The van der Waals surface area contributed by atoms with Gasteiger partial charge in [-0.1, -0.05) is 30.3 Å². The second kappa shape index (κ2) is 8.44. The number of aromatic hydroxyl groups is 1. The Labute approximate surface area is 157 Å². The van der Waals surface area contributed by atoms with Crippen molar-refractivity contribution in [1.29, 1.82) is 0 Å². The minimum atomic E-state index is -3.30. The van der Waals surface area contributed by atoms with Crippen LogP contribution in [0, 0.1) is 0 Å². The summed E-state index contributed by atoms with van der Waals surface area (Å²) in [4.78, 5) is 4.53. The molecule has 5 nitrogen and oxygen atoms in total. The van der Waals surface area contributed by atoms with Gasteiger partial charge in [-0.25, -0.2) is 18.1 Å². The fourth-order valence-electron chi connectivity index (χ4n) is 2.47. The largest absolute Gasteiger partial charge is 0.508 e. The van der Waals surface area contributed by atoms with Crippen molar-refractivity contribution in [2.45, 2.75) is 12.8 Å². The molecule has 7 heteroatoms. The number of phenolic OH excluding ortho intramolecular Hbond substituents is 1. The van der Waals surface area contributed by atoms with E-state index in [1.165, 1.54) is 11.3 Å². The smallest absolute Gasteiger partial charge is 0.211 e. The van der Waals surface area contributed by atoms with E-state index < -0.39 is 10.0 Å². The van der Waals surface area contributed by atoms with Crippen molar-refractivity contribution in [3.63, 3.8) is 0 Å². The average Bonchev–Trinajstić information content (AvgIpc) is 3.10. The number of rotatable bonds is 8. The summed E-state index contributed by atoms with van der Waals surface area (Å²) in [5, 5.41) is 12.1. The molecule has 0 atom stereocenters. The standard InChI is InChI=1S/C19H20N2O3S2/c22-17-8-6-16(7-9-17)18-14-25-19(21-18)10-12-20-26(23,24)13-11-15-4-2-1-3-5-15/h1-9,14,20,22H,10-13H2. The third kappa shape index (κ3) is 5.39. The van der Waals surface area contributed by atoms with Crippen LogP contribution in [0.15, 0.2) is 60.0 Å². The fraction of sp³-hybridized carbons (Fsp3) is 0.211. The minimum Gasteiger partial charge on any atom is -0.508 e. The third-order valence-corrected chi connectivity index (χ3v) is 6.17. The first-order chi connectivity index (χ1) is 12.5. The van der Waals surface area contributed by atoms with E-state index >= 15 is 0 Å². The number of nitrogens with one attached hydrogen (secondary N) is 1. The van der Waals surface area contributed by atoms with Gasteiger partial charge in [0.05, 0.1) is 16.5 Å². The number of phenols is 1. The summed E-state index contributed by atoms with van der Waals surface area (Å²) in [5.41, 5.74) is 2.77. The first kappa shape index (κ1) is 18.6. The van der Waals surface area contributed by atoms with E-state index in [-0.39, 0.29) is 11.5 Å². The van der Waals surface area contributed by atoms with Gasteiger partial charge < -0.3 is 5.11 Å². The van der Waals surface area contributed by atoms with Gasteiger partial charge in [-0.05, 0) is 36.2 Å². The van der Waals surface area contributed by atoms with E-state index in [2.05, 4.69) is 9.71 Å². The lowest BCUT2D eigenvalue weighted by atomic mass is 10.2. The van der Waals surface area contributed by atoms with Crippen LogP contribution in [0.25, 0.3) is 11.3 Å². The zero-order valence-electron chi connectivity index (χ0n) is 14.1. The highest BCUT2D eigenvalue weighted by Crippen LogP contribution is 2.23. The normalized spacial score (nSPS) is 11.5. The number of hydrogen-bond acceptors (Lipinski definition) is 5. The first-order valence-corrected chi connectivity index (χ1v) is 10.8. The highest BCUT2D eigenvalue weighted by atomic mass is 32.2. The molecule has 0 aliphatic heterocycles. The van der Waals surface area contributed by atoms with Gasteiger partial charge in [-0.15, -0.1) is 11.3 Å². The van der Waals surface area contributed by atoms with E-state index in [4.69, 9.17) is 0 Å². The first-order valence-electron chi connectivity index (χ1n) is 8.27. The molecule has 0 unspecified atom stereocenters. The van der Waals surface area contributed by atoms with Crippen LogP contribution in [0.2, 0.25) is 0 Å². The predicted octanol–water partition coefficient (Wildman–Crippen LogP) is 3.22. The zero-order chi connectivity index (χ0) is 18.4. The molecule has 0 spiro atoms. The number of aromatic nitrogens is 1. The molecule has 1 heterocycles. The Kier molecular flexibility index (Phi) is 6.03. The Bertz CT molecular complexity index is 936. The number of hydrogen-bond donors (Lipinski definition) is 2. The summed E-state index contributed by atoms with van der Waals surface area (Å²) in [7, 11) is -3.30. The molecule has 0 amide bonds. The van der Waals surface area contributed by atoms with Crippen LogP contribution >= 0.6 is 11.3 Å². The third-order valence-electron chi connectivity index (χ3n) is 3.88. The molecule has 0 aliphatic rings. The minimum absolute atomic E-state index is 0.0770. The summed E-state index contributed by atoms with van der Waals surface area (Å²) in [6, 6.07) is 16.4. The quantitative estimate of drug-likeness (QED) is 0.621. The maximum atomic E-state index is 12.1. The molecule has 2 N–H and O–H groups in total. The molecule has 0 bridgehead atoms. The van der Waals surface area contributed by atoms with Gasteiger partial charge in [-0.3, -0.25) is 0 Å². The molecule has 3 aromatic rings. The number of thiazole rings is 1. The number of aryl methyl sites for hydroxylation is 1. The summed E-state index contributed by atoms with van der Waals surface area (Å²) >= 11 is 1.50. The summed E-state index contributed by atoms with van der Waals surface area (Å²) in [5.74, 6) is 0.294. The maximum absolute atomic E-state index is 12.1. The van der Waals surface area contributed by atoms with Crippen LogP contribution in [-0.2, 0) is 22.9 Å². The molecule has 0 fully saturated rings. The second-order valence-corrected chi connectivity index (χ2v) is 8.74. The highest BCUT2D eigenvalue weighted by molar-refractivity contribution is 7.89. The molecule has 2 aromatic carbocycles. The highest BCUT2D eigenvalue weighted by Gasteiger charge is 2.11. The summed E-state index contributed by atoms with van der Waals surface area (Å²) in [6.07, 6.45) is 1.05. The lowest BCUT2D eigenvalue weighted by Gasteiger charge is -2.06. The van der Waals surface area contributed by atoms with Crippen molar-refractivity contribution in [1.82, 2.24) is 9.71 Å². The topological polar surface area (TPSA) is 79.3 Å². The number of sulfonamides is 1. The van der Waals surface area contributed by atoms with Crippen molar-refractivity contribution in [2.75, 3.05) is 12.3 Å². The maximum Gasteiger partial charge on any atom is 0.211 e. The van der Waals surface area contributed by atoms with Crippen LogP contribution in [0.5, 0.6) is 5.75 Å². The van der Waals surface area contributed by atoms with Crippen LogP contribution in [0.1, 0.15) is 10.6 Å². The summed E-state index contributed by atoms with van der Waals surface area (Å²) in [6.45, 7) is 0.333. The van der Waals surface area contributed by atoms with Gasteiger partial charge in [0.15, 0.2) is 0 Å². The lowest BCUT2D eigenvalue weighted by Crippen LogP contribution is -2.29. The summed E-state index contributed by atoms with van der Waals surface area (Å²) < 4.78 is 26.8. The lowest BCUT2D eigenvalue weighted by molar-refractivity contribution is 0.475. The van der Waals surface area contributed by atoms with Gasteiger partial charge in [0, 0.05) is 23.9 Å². The Balaban J connectivity index is 1.49. The van der Waals surface area contributed by atoms with Crippen molar-refractivity contribution >= 4 is 21.4 Å². The Morgan fingerprint density at radius 1 is 1.00 bits per heavy atom. The molecule has 0 aliphatic carbocycles. The van der Waals surface area contributed by atoms with E-state index in [1.54, 1.807) is 24.3 Å². The van der Waals surface area contributed by atoms with Gasteiger partial charge >= 0.3 is 0 Å². The number of benzene rings is 2. The van der Waals surface area contributed by atoms with Gasteiger partial charge in [-0.2, -0.15) is 0 Å². The molecular weight excluding hydrogens is 368 g/mol. The van der Waals surface area contributed by atoms with Gasteiger partial charge in [0.25, 0.3) is 0 Å². The number of nitrogens with zero attached hydrogens (tertiary/aromatic N) is 1. The molecule has 0 saturated carbocycles. The zero-order valence-corrected chi connectivity index (χ0v) is 15.8. The van der Waals surface area contributed by atoms with E-state index in [1.807, 2.05) is 35.7 Å². The van der Waals surface area contributed by atoms with Crippen LogP contribution < -0.4 is 4.72 Å². The molecular formula is C19H20N2O3S2. The Morgan fingerprint density at radius 3 is 2.46 bits per heavy atom. The van der Waals surface area contributed by atoms with Gasteiger partial charge in [0.1, 0.15) is 5.75 Å². The van der Waals surface area contributed by atoms with Crippen molar-refractivity contribution in [3.8, 4) is 17.0 Å². The second-order valence-electron chi connectivity index (χ2n) is 5.87. The fourth-order valence-corrected chi connectivity index (χ4v) is 4.34. The van der Waals surface area contributed by atoms with E-state index in [9.17, 15) is 13.5 Å². The van der Waals surface area contributed by atoms with Crippen LogP contribution in [0.3, 0.4) is 0 Å². The molecule has 1 aromatic heterocycles. The Hall–Kier alpha value is -2.22. The van der Waals surface area contributed by atoms with Crippen LogP contribution in [-0.4, -0.2) is 30.8 Å². The molecule has 0 saturated heterocycles. The Morgan fingerprint density at radius 2 is 1.73 bits per heavy atom. The monoisotopic (exact) mass is 388 g/mol.